The lowest BCUT2D eigenvalue weighted by Gasteiger charge is -2.22. The van der Waals surface area contributed by atoms with E-state index in [0.29, 0.717) is 24.5 Å². The van der Waals surface area contributed by atoms with E-state index in [-0.39, 0.29) is 11.1 Å². The lowest BCUT2D eigenvalue weighted by atomic mass is 10.1. The highest BCUT2D eigenvalue weighted by atomic mass is 35.5. The van der Waals surface area contributed by atoms with Crippen LogP contribution in [0.25, 0.3) is 0 Å². The molecule has 1 heterocycles. The predicted molar refractivity (Wildman–Crippen MR) is 65.1 cm³/mol. The Balaban J connectivity index is 2.06. The number of hydrogen-bond acceptors (Lipinski definition) is 4. The van der Waals surface area contributed by atoms with E-state index in [4.69, 9.17) is 26.8 Å². The molecule has 0 aliphatic carbocycles. The molecule has 1 saturated heterocycles. The molecule has 0 aromatic heterocycles. The summed E-state index contributed by atoms with van der Waals surface area (Å²) in [5.41, 5.74) is 6.33. The summed E-state index contributed by atoms with van der Waals surface area (Å²) in [5.74, 6) is -0.422. The zero-order valence-corrected chi connectivity index (χ0v) is 10.1. The summed E-state index contributed by atoms with van der Waals surface area (Å²) in [6, 6.07) is 4.94. The summed E-state index contributed by atoms with van der Waals surface area (Å²) in [4.78, 5) is 11.9. The van der Waals surface area contributed by atoms with Gasteiger partial charge in [-0.15, -0.1) is 0 Å². The lowest BCUT2D eigenvalue weighted by molar-refractivity contribution is -0.0159. The fourth-order valence-corrected chi connectivity index (χ4v) is 1.92. The molecule has 1 aliphatic heterocycles. The van der Waals surface area contributed by atoms with Crippen molar-refractivity contribution in [1.29, 1.82) is 0 Å². The van der Waals surface area contributed by atoms with Gasteiger partial charge < -0.3 is 15.2 Å². The largest absolute Gasteiger partial charge is 0.459 e. The molecule has 1 aromatic carbocycles. The van der Waals surface area contributed by atoms with E-state index in [9.17, 15) is 4.79 Å². The van der Waals surface area contributed by atoms with Gasteiger partial charge in [0.25, 0.3) is 0 Å². The number of halogens is 1. The van der Waals surface area contributed by atoms with Crippen molar-refractivity contribution in [1.82, 2.24) is 0 Å². The first-order valence-corrected chi connectivity index (χ1v) is 5.89. The van der Waals surface area contributed by atoms with Gasteiger partial charge in [0.05, 0.1) is 29.5 Å². The molecule has 0 saturated carbocycles. The van der Waals surface area contributed by atoms with Crippen molar-refractivity contribution < 1.29 is 14.3 Å². The van der Waals surface area contributed by atoms with E-state index < -0.39 is 5.97 Å². The van der Waals surface area contributed by atoms with Crippen molar-refractivity contribution in [3.05, 3.63) is 28.8 Å². The molecule has 5 heteroatoms. The van der Waals surface area contributed by atoms with Gasteiger partial charge in [0.15, 0.2) is 0 Å². The highest BCUT2D eigenvalue weighted by Crippen LogP contribution is 2.24. The first-order chi connectivity index (χ1) is 8.18. The SMILES string of the molecule is Nc1cccc(C(=O)OC2CCOCC2)c1Cl. The fourth-order valence-electron chi connectivity index (χ4n) is 1.72. The molecule has 0 unspecified atom stereocenters. The third-order valence-electron chi connectivity index (χ3n) is 2.69. The number of benzene rings is 1. The van der Waals surface area contributed by atoms with Gasteiger partial charge in [0.1, 0.15) is 6.10 Å². The number of esters is 1. The minimum absolute atomic E-state index is 0.0891. The van der Waals surface area contributed by atoms with Crippen LogP contribution in [-0.4, -0.2) is 25.3 Å². The number of nitrogens with two attached hydrogens (primary N) is 1. The van der Waals surface area contributed by atoms with Gasteiger partial charge in [0, 0.05) is 12.8 Å². The summed E-state index contributed by atoms with van der Waals surface area (Å²) < 4.78 is 10.5. The van der Waals surface area contributed by atoms with Gasteiger partial charge in [-0.3, -0.25) is 0 Å². The Morgan fingerprint density at radius 2 is 2.12 bits per heavy atom. The monoisotopic (exact) mass is 255 g/mol. The maximum absolute atomic E-state index is 11.9. The number of nitrogen functional groups attached to an aromatic ring is 1. The Morgan fingerprint density at radius 1 is 1.41 bits per heavy atom. The molecule has 1 aromatic rings. The molecule has 2 N–H and O–H groups in total. The van der Waals surface area contributed by atoms with Gasteiger partial charge in [-0.05, 0) is 12.1 Å². The van der Waals surface area contributed by atoms with Gasteiger partial charge in [0.2, 0.25) is 0 Å². The normalized spacial score (nSPS) is 16.8. The van der Waals surface area contributed by atoms with E-state index in [1.165, 1.54) is 0 Å². The summed E-state index contributed by atoms with van der Waals surface area (Å²) in [5, 5.41) is 0.254. The highest BCUT2D eigenvalue weighted by molar-refractivity contribution is 6.36. The van der Waals surface area contributed by atoms with Gasteiger partial charge in [-0.25, -0.2) is 4.79 Å². The van der Waals surface area contributed by atoms with Crippen molar-refractivity contribution in [2.24, 2.45) is 0 Å². The van der Waals surface area contributed by atoms with Crippen LogP contribution in [0.5, 0.6) is 0 Å². The zero-order valence-electron chi connectivity index (χ0n) is 9.32. The van der Waals surface area contributed by atoms with Crippen molar-refractivity contribution in [3.8, 4) is 0 Å². The van der Waals surface area contributed by atoms with E-state index >= 15 is 0 Å². The van der Waals surface area contributed by atoms with Gasteiger partial charge in [-0.1, -0.05) is 17.7 Å². The molecule has 0 spiro atoms. The van der Waals surface area contributed by atoms with Crippen molar-refractivity contribution in [2.45, 2.75) is 18.9 Å². The van der Waals surface area contributed by atoms with Crippen LogP contribution in [0.2, 0.25) is 5.02 Å². The smallest absolute Gasteiger partial charge is 0.340 e. The molecular weight excluding hydrogens is 242 g/mol. The predicted octanol–water partition coefficient (Wildman–Crippen LogP) is 2.26. The Hall–Kier alpha value is -1.26. The first-order valence-electron chi connectivity index (χ1n) is 5.51. The first kappa shape index (κ1) is 12.2. The summed E-state index contributed by atoms with van der Waals surface area (Å²) in [6.45, 7) is 1.26. The number of rotatable bonds is 2. The van der Waals surface area contributed by atoms with Crippen LogP contribution in [-0.2, 0) is 9.47 Å². The van der Waals surface area contributed by atoms with Gasteiger partial charge >= 0.3 is 5.97 Å². The van der Waals surface area contributed by atoms with E-state index in [1.54, 1.807) is 18.2 Å². The molecule has 92 valence electrons. The highest BCUT2D eigenvalue weighted by Gasteiger charge is 2.21. The van der Waals surface area contributed by atoms with Crippen LogP contribution >= 0.6 is 11.6 Å². The number of carbonyl (C=O) groups excluding carboxylic acids is 1. The molecule has 0 amide bonds. The van der Waals surface area contributed by atoms with E-state index in [2.05, 4.69) is 0 Å². The maximum Gasteiger partial charge on any atom is 0.340 e. The van der Waals surface area contributed by atoms with Crippen LogP contribution in [0.3, 0.4) is 0 Å². The second-order valence-corrected chi connectivity index (χ2v) is 4.30. The average molecular weight is 256 g/mol. The second kappa shape index (κ2) is 5.38. The number of ether oxygens (including phenoxy) is 2. The van der Waals surface area contributed by atoms with Crippen LogP contribution in [0.15, 0.2) is 18.2 Å². The standard InChI is InChI=1S/C12H14ClNO3/c13-11-9(2-1-3-10(11)14)12(15)17-8-4-6-16-7-5-8/h1-3,8H,4-7,14H2. The Labute approximate surface area is 105 Å². The quantitative estimate of drug-likeness (QED) is 0.650. The van der Waals surface area contributed by atoms with Crippen molar-refractivity contribution in [3.63, 3.8) is 0 Å². The maximum atomic E-state index is 11.9. The minimum Gasteiger partial charge on any atom is -0.459 e. The fraction of sp³-hybridized carbons (Fsp3) is 0.417. The second-order valence-electron chi connectivity index (χ2n) is 3.93. The third-order valence-corrected chi connectivity index (χ3v) is 3.11. The number of anilines is 1. The lowest BCUT2D eigenvalue weighted by Crippen LogP contribution is -2.26. The molecule has 0 atom stereocenters. The van der Waals surface area contributed by atoms with Crippen LogP contribution in [0, 0.1) is 0 Å². The third kappa shape index (κ3) is 2.90. The molecular formula is C12H14ClNO3. The van der Waals surface area contributed by atoms with E-state index in [0.717, 1.165) is 12.8 Å². The van der Waals surface area contributed by atoms with Crippen LogP contribution in [0.1, 0.15) is 23.2 Å². The van der Waals surface area contributed by atoms with E-state index in [1.807, 2.05) is 0 Å². The summed E-state index contributed by atoms with van der Waals surface area (Å²) in [6.07, 6.45) is 1.37. The Kier molecular flexibility index (Phi) is 3.86. The molecule has 4 nitrogen and oxygen atoms in total. The zero-order chi connectivity index (χ0) is 12.3. The Morgan fingerprint density at radius 3 is 2.82 bits per heavy atom. The molecule has 1 fully saturated rings. The number of hydrogen-bond donors (Lipinski definition) is 1. The van der Waals surface area contributed by atoms with Crippen molar-refractivity contribution in [2.75, 3.05) is 18.9 Å². The molecule has 0 bridgehead atoms. The van der Waals surface area contributed by atoms with Crippen molar-refractivity contribution >= 4 is 23.3 Å². The minimum atomic E-state index is -0.422. The topological polar surface area (TPSA) is 61.6 Å². The van der Waals surface area contributed by atoms with Gasteiger partial charge in [-0.2, -0.15) is 0 Å². The summed E-state index contributed by atoms with van der Waals surface area (Å²) in [7, 11) is 0. The molecule has 17 heavy (non-hydrogen) atoms. The molecule has 0 radical (unpaired) electrons. The van der Waals surface area contributed by atoms with Crippen LogP contribution < -0.4 is 5.73 Å². The molecule has 2 rings (SSSR count). The Bertz CT molecular complexity index is 416. The van der Waals surface area contributed by atoms with Crippen LogP contribution in [0.4, 0.5) is 5.69 Å². The summed E-state index contributed by atoms with van der Waals surface area (Å²) >= 11 is 5.96. The number of carbonyl (C=O) groups is 1. The molecule has 1 aliphatic rings. The average Bonchev–Trinajstić information content (AvgIpc) is 2.34.